The summed E-state index contributed by atoms with van der Waals surface area (Å²) < 4.78 is 11.2. The number of ketones is 2. The van der Waals surface area contributed by atoms with E-state index in [0.717, 1.165) is 18.4 Å². The Morgan fingerprint density at radius 1 is 1.19 bits per heavy atom. The lowest BCUT2D eigenvalue weighted by Gasteiger charge is -2.55. The molecule has 0 aromatic carbocycles. The molecule has 0 amide bonds. The zero-order valence-electron chi connectivity index (χ0n) is 19.6. The van der Waals surface area contributed by atoms with Gasteiger partial charge in [-0.25, -0.2) is 4.79 Å². The van der Waals surface area contributed by atoms with Crippen LogP contribution in [-0.4, -0.2) is 40.5 Å². The monoisotopic (exact) mass is 432 g/mol. The molecule has 172 valence electrons. The largest absolute Gasteiger partial charge is 0.432 e. The van der Waals surface area contributed by atoms with Crippen molar-refractivity contribution >= 4 is 17.5 Å². The summed E-state index contributed by atoms with van der Waals surface area (Å²) in [4.78, 5) is 37.8. The lowest BCUT2D eigenvalue weighted by atomic mass is 9.55. The van der Waals surface area contributed by atoms with E-state index in [1.54, 1.807) is 6.08 Å². The summed E-state index contributed by atoms with van der Waals surface area (Å²) in [6.07, 6.45) is 6.90. The summed E-state index contributed by atoms with van der Waals surface area (Å²) >= 11 is 0. The van der Waals surface area contributed by atoms with Gasteiger partial charge in [-0.1, -0.05) is 12.5 Å². The summed E-state index contributed by atoms with van der Waals surface area (Å²) in [7, 11) is 0. The third kappa shape index (κ3) is 4.42. The Morgan fingerprint density at radius 3 is 2.48 bits per heavy atom. The van der Waals surface area contributed by atoms with E-state index in [4.69, 9.17) is 9.47 Å². The van der Waals surface area contributed by atoms with E-state index in [9.17, 15) is 19.5 Å². The zero-order chi connectivity index (χ0) is 23.2. The van der Waals surface area contributed by atoms with Gasteiger partial charge in [0, 0.05) is 24.3 Å². The number of allylic oxidation sites excluding steroid dienone is 2. The molecule has 6 atom stereocenters. The van der Waals surface area contributed by atoms with Crippen LogP contribution in [0.15, 0.2) is 24.0 Å². The summed E-state index contributed by atoms with van der Waals surface area (Å²) in [5, 5.41) is 11.6. The van der Waals surface area contributed by atoms with Gasteiger partial charge in [0.05, 0.1) is 18.5 Å². The minimum absolute atomic E-state index is 0.0452. The Morgan fingerprint density at radius 2 is 1.87 bits per heavy atom. The van der Waals surface area contributed by atoms with Crippen LogP contribution in [0.4, 0.5) is 0 Å². The average Bonchev–Trinajstić information content (AvgIpc) is 2.69. The first-order chi connectivity index (χ1) is 14.3. The Bertz CT molecular complexity index is 820. The second-order valence-corrected chi connectivity index (χ2v) is 10.8. The maximum Gasteiger partial charge on any atom is 0.335 e. The van der Waals surface area contributed by atoms with Crippen LogP contribution < -0.4 is 0 Å². The highest BCUT2D eigenvalue weighted by Crippen LogP contribution is 2.60. The molecule has 2 aliphatic carbocycles. The molecule has 6 nitrogen and oxygen atoms in total. The summed E-state index contributed by atoms with van der Waals surface area (Å²) in [5.74, 6) is -2.04. The molecule has 3 rings (SSSR count). The summed E-state index contributed by atoms with van der Waals surface area (Å²) in [5.41, 5.74) is -1.47. The molecule has 31 heavy (non-hydrogen) atoms. The highest BCUT2D eigenvalue weighted by Gasteiger charge is 2.64. The molecule has 1 N–H and O–H groups in total. The topological polar surface area (TPSA) is 89.9 Å². The standard InChI is InChI=1S/C25H36O6/c1-15(2)11-21(27)30-10-8-18-17(12-16(3)26)22(28)25(29)14-31-23(4,5)19-7-9-24(18,6)13-20(19)25/h8,10-11,17-20,29H,7,9,12-14H2,1-6H3/b10-8+/t17-,18-,19+,20-,24-,25-/m0/s1. The Kier molecular flexibility index (Phi) is 6.38. The van der Waals surface area contributed by atoms with E-state index in [0.29, 0.717) is 6.42 Å². The molecular formula is C25H36O6. The van der Waals surface area contributed by atoms with Crippen molar-refractivity contribution in [2.45, 2.75) is 78.4 Å². The van der Waals surface area contributed by atoms with Crippen LogP contribution >= 0.6 is 0 Å². The van der Waals surface area contributed by atoms with E-state index in [1.807, 2.05) is 27.7 Å². The van der Waals surface area contributed by atoms with Gasteiger partial charge in [0.15, 0.2) is 5.78 Å². The number of carbonyl (C=O) groups excluding carboxylic acids is 3. The molecule has 6 heteroatoms. The van der Waals surface area contributed by atoms with Crippen LogP contribution in [0.3, 0.4) is 0 Å². The fourth-order valence-corrected chi connectivity index (χ4v) is 6.16. The zero-order valence-corrected chi connectivity index (χ0v) is 19.6. The normalized spacial score (nSPS) is 39.0. The predicted octanol–water partition coefficient (Wildman–Crippen LogP) is 3.77. The molecule has 0 radical (unpaired) electrons. The van der Waals surface area contributed by atoms with Crippen molar-refractivity contribution in [2.24, 2.45) is 29.1 Å². The van der Waals surface area contributed by atoms with Crippen LogP contribution in [-0.2, 0) is 23.9 Å². The van der Waals surface area contributed by atoms with Crippen LogP contribution in [0, 0.1) is 29.1 Å². The third-order valence-corrected chi connectivity index (χ3v) is 7.75. The van der Waals surface area contributed by atoms with Gasteiger partial charge in [0.1, 0.15) is 11.4 Å². The highest BCUT2D eigenvalue weighted by atomic mass is 16.5. The molecule has 0 aromatic heterocycles. The van der Waals surface area contributed by atoms with Crippen molar-refractivity contribution in [2.75, 3.05) is 6.61 Å². The van der Waals surface area contributed by atoms with Crippen LogP contribution in [0.2, 0.25) is 0 Å². The lowest BCUT2D eigenvalue weighted by molar-refractivity contribution is -0.229. The number of esters is 1. The number of aliphatic hydroxyl groups is 1. The van der Waals surface area contributed by atoms with Crippen molar-refractivity contribution < 1.29 is 29.0 Å². The summed E-state index contributed by atoms with van der Waals surface area (Å²) in [6.45, 7) is 11.2. The molecular weight excluding hydrogens is 396 g/mol. The average molecular weight is 433 g/mol. The molecule has 0 unspecified atom stereocenters. The molecule has 0 aromatic rings. The van der Waals surface area contributed by atoms with E-state index in [1.165, 1.54) is 19.3 Å². The molecule has 0 spiro atoms. The number of Topliss-reactive ketones (excluding diaryl/α,β-unsaturated/α-hetero) is 2. The van der Waals surface area contributed by atoms with Crippen LogP contribution in [0.5, 0.6) is 0 Å². The molecule has 2 bridgehead atoms. The van der Waals surface area contributed by atoms with E-state index >= 15 is 0 Å². The van der Waals surface area contributed by atoms with Crippen molar-refractivity contribution in [1.29, 1.82) is 0 Å². The third-order valence-electron chi connectivity index (χ3n) is 7.75. The van der Waals surface area contributed by atoms with Gasteiger partial charge in [-0.15, -0.1) is 0 Å². The quantitative estimate of drug-likeness (QED) is 0.404. The molecule has 1 saturated heterocycles. The van der Waals surface area contributed by atoms with Gasteiger partial charge >= 0.3 is 5.97 Å². The number of hydrogen-bond donors (Lipinski definition) is 1. The number of rotatable bonds is 5. The fraction of sp³-hybridized carbons (Fsp3) is 0.720. The Labute approximate surface area is 185 Å². The van der Waals surface area contributed by atoms with Crippen molar-refractivity contribution in [3.05, 3.63) is 24.0 Å². The molecule has 1 heterocycles. The molecule has 1 aliphatic heterocycles. The first-order valence-electron chi connectivity index (χ1n) is 11.2. The Hall–Kier alpha value is -1.79. The minimum atomic E-state index is -1.59. The maximum absolute atomic E-state index is 13.7. The first kappa shape index (κ1) is 23.9. The van der Waals surface area contributed by atoms with Gasteiger partial charge < -0.3 is 19.4 Å². The molecule has 2 saturated carbocycles. The number of fused-ring (bicyclic) bond motifs is 1. The van der Waals surface area contributed by atoms with Gasteiger partial charge in [-0.3, -0.25) is 4.79 Å². The fourth-order valence-electron chi connectivity index (χ4n) is 6.16. The smallest absolute Gasteiger partial charge is 0.335 e. The second kappa shape index (κ2) is 8.28. The Balaban J connectivity index is 2.01. The minimum Gasteiger partial charge on any atom is -0.432 e. The number of ether oxygens (including phenoxy) is 2. The van der Waals surface area contributed by atoms with E-state index in [-0.39, 0.29) is 47.8 Å². The van der Waals surface area contributed by atoms with E-state index in [2.05, 4.69) is 6.92 Å². The van der Waals surface area contributed by atoms with Crippen molar-refractivity contribution in [3.8, 4) is 0 Å². The molecule has 3 fully saturated rings. The van der Waals surface area contributed by atoms with Gasteiger partial charge in [-0.2, -0.15) is 0 Å². The number of carbonyl (C=O) groups is 3. The maximum atomic E-state index is 13.7. The second-order valence-electron chi connectivity index (χ2n) is 10.8. The highest BCUT2D eigenvalue weighted by molar-refractivity contribution is 5.94. The first-order valence-corrected chi connectivity index (χ1v) is 11.2. The predicted molar refractivity (Wildman–Crippen MR) is 116 cm³/mol. The van der Waals surface area contributed by atoms with Gasteiger partial charge in [0.2, 0.25) is 0 Å². The molecule has 3 aliphatic rings. The van der Waals surface area contributed by atoms with E-state index < -0.39 is 23.1 Å². The summed E-state index contributed by atoms with van der Waals surface area (Å²) in [6, 6.07) is 0. The van der Waals surface area contributed by atoms with Gasteiger partial charge in [-0.05, 0) is 77.2 Å². The lowest BCUT2D eigenvalue weighted by Crippen LogP contribution is -2.63. The SMILES string of the molecule is CC(=O)C[C@@H]1C(=O)[C@]2(O)COC(C)(C)[C@@H]3CC[C@@](C)(C[C@@H]32)[C@H]1/C=C/OC(=O)C=C(C)C. The number of hydrogen-bond acceptors (Lipinski definition) is 6. The van der Waals surface area contributed by atoms with Gasteiger partial charge in [0.25, 0.3) is 0 Å². The van der Waals surface area contributed by atoms with Crippen molar-refractivity contribution in [3.63, 3.8) is 0 Å². The van der Waals surface area contributed by atoms with Crippen LogP contribution in [0.25, 0.3) is 0 Å². The van der Waals surface area contributed by atoms with Crippen molar-refractivity contribution in [1.82, 2.24) is 0 Å². The van der Waals surface area contributed by atoms with Crippen LogP contribution in [0.1, 0.15) is 67.2 Å².